The molecule has 2 rings (SSSR count). The highest BCUT2D eigenvalue weighted by molar-refractivity contribution is 6.03. The van der Waals surface area contributed by atoms with E-state index in [9.17, 15) is 9.59 Å². The predicted molar refractivity (Wildman–Crippen MR) is 64.5 cm³/mol. The van der Waals surface area contributed by atoms with Crippen LogP contribution in [0.2, 0.25) is 0 Å². The molecule has 0 unspecified atom stereocenters. The number of rotatable bonds is 2. The van der Waals surface area contributed by atoms with Crippen LogP contribution in [-0.4, -0.2) is 44.8 Å². The zero-order valence-electron chi connectivity index (χ0n) is 10.6. The van der Waals surface area contributed by atoms with Crippen LogP contribution in [0.1, 0.15) is 40.6 Å². The first-order chi connectivity index (χ1) is 8.50. The molecule has 2 heterocycles. The Labute approximate surface area is 105 Å². The van der Waals surface area contributed by atoms with E-state index >= 15 is 0 Å². The molecule has 1 atom stereocenters. The Hall–Kier alpha value is -1.85. The van der Waals surface area contributed by atoms with Gasteiger partial charge in [0.15, 0.2) is 0 Å². The Bertz CT molecular complexity index is 481. The van der Waals surface area contributed by atoms with Gasteiger partial charge in [0, 0.05) is 20.1 Å². The van der Waals surface area contributed by atoms with Crippen molar-refractivity contribution in [1.82, 2.24) is 14.7 Å². The third-order valence-corrected chi connectivity index (χ3v) is 3.32. The van der Waals surface area contributed by atoms with E-state index in [0.717, 1.165) is 12.8 Å². The molecule has 0 aliphatic carbocycles. The van der Waals surface area contributed by atoms with Crippen LogP contribution >= 0.6 is 0 Å². The van der Waals surface area contributed by atoms with Gasteiger partial charge in [-0.1, -0.05) is 6.92 Å². The molecular formula is C12H17N3O3. The number of amides is 1. The summed E-state index contributed by atoms with van der Waals surface area (Å²) in [4.78, 5) is 25.1. The summed E-state index contributed by atoms with van der Waals surface area (Å²) < 4.78 is 1.34. The van der Waals surface area contributed by atoms with Crippen LogP contribution in [0, 0.1) is 5.92 Å². The Kier molecular flexibility index (Phi) is 3.36. The summed E-state index contributed by atoms with van der Waals surface area (Å²) in [6, 6.07) is 0. The van der Waals surface area contributed by atoms with E-state index in [1.807, 2.05) is 0 Å². The minimum atomic E-state index is -1.11. The highest BCUT2D eigenvalue weighted by Gasteiger charge is 2.28. The zero-order chi connectivity index (χ0) is 13.3. The van der Waals surface area contributed by atoms with Gasteiger partial charge in [-0.3, -0.25) is 9.48 Å². The van der Waals surface area contributed by atoms with Crippen molar-refractivity contribution >= 4 is 11.9 Å². The van der Waals surface area contributed by atoms with Gasteiger partial charge in [0.1, 0.15) is 11.3 Å². The van der Waals surface area contributed by atoms with Crippen molar-refractivity contribution in [3.05, 3.63) is 17.5 Å². The number of carboxylic acid groups (broad SMARTS) is 1. The lowest BCUT2D eigenvalue weighted by Crippen LogP contribution is -2.40. The van der Waals surface area contributed by atoms with Crippen LogP contribution in [0.5, 0.6) is 0 Å². The molecule has 1 aliphatic rings. The van der Waals surface area contributed by atoms with Gasteiger partial charge >= 0.3 is 5.97 Å². The van der Waals surface area contributed by atoms with E-state index in [1.54, 1.807) is 11.9 Å². The molecule has 0 spiro atoms. The normalized spacial score (nSPS) is 19.9. The highest BCUT2D eigenvalue weighted by Crippen LogP contribution is 2.19. The second-order valence-electron chi connectivity index (χ2n) is 4.83. The van der Waals surface area contributed by atoms with Crippen molar-refractivity contribution in [2.45, 2.75) is 19.8 Å². The van der Waals surface area contributed by atoms with Gasteiger partial charge in [-0.2, -0.15) is 5.10 Å². The van der Waals surface area contributed by atoms with Crippen molar-refractivity contribution in [2.75, 3.05) is 13.1 Å². The minimum Gasteiger partial charge on any atom is -0.478 e. The summed E-state index contributed by atoms with van der Waals surface area (Å²) in [6.45, 7) is 3.47. The van der Waals surface area contributed by atoms with Crippen LogP contribution in [0.4, 0.5) is 0 Å². The maximum absolute atomic E-state index is 12.4. The van der Waals surface area contributed by atoms with Gasteiger partial charge in [0.05, 0.1) is 6.20 Å². The molecule has 1 aliphatic heterocycles. The molecule has 0 radical (unpaired) electrons. The monoisotopic (exact) mass is 251 g/mol. The van der Waals surface area contributed by atoms with Gasteiger partial charge in [0.2, 0.25) is 0 Å². The standard InChI is InChI=1S/C12H17N3O3/c1-8-4-3-5-15(7-8)11(16)10-9(12(17)18)6-13-14(10)2/h6,8H,3-5,7H2,1-2H3,(H,17,18)/t8-/m0/s1. The molecule has 1 N–H and O–H groups in total. The lowest BCUT2D eigenvalue weighted by molar-refractivity contribution is 0.0640. The Morgan fingerprint density at radius 3 is 2.83 bits per heavy atom. The van der Waals surface area contributed by atoms with E-state index in [4.69, 9.17) is 5.11 Å². The molecule has 1 aromatic heterocycles. The topological polar surface area (TPSA) is 75.4 Å². The first kappa shape index (κ1) is 12.6. The SMILES string of the molecule is C[C@H]1CCCN(C(=O)c2c(C(=O)O)cnn2C)C1. The van der Waals surface area contributed by atoms with Crippen molar-refractivity contribution < 1.29 is 14.7 Å². The quantitative estimate of drug-likeness (QED) is 0.850. The van der Waals surface area contributed by atoms with E-state index in [1.165, 1.54) is 10.9 Å². The highest BCUT2D eigenvalue weighted by atomic mass is 16.4. The average molecular weight is 251 g/mol. The molecular weight excluding hydrogens is 234 g/mol. The molecule has 1 saturated heterocycles. The third-order valence-electron chi connectivity index (χ3n) is 3.32. The molecule has 18 heavy (non-hydrogen) atoms. The molecule has 0 saturated carbocycles. The molecule has 0 aromatic carbocycles. The van der Waals surface area contributed by atoms with Crippen LogP contribution in [0.25, 0.3) is 0 Å². The van der Waals surface area contributed by atoms with Gasteiger partial charge in [0.25, 0.3) is 5.91 Å². The van der Waals surface area contributed by atoms with Crippen LogP contribution < -0.4 is 0 Å². The second kappa shape index (κ2) is 4.80. The molecule has 6 nitrogen and oxygen atoms in total. The molecule has 1 amide bonds. The largest absolute Gasteiger partial charge is 0.478 e. The summed E-state index contributed by atoms with van der Waals surface area (Å²) >= 11 is 0. The van der Waals surface area contributed by atoms with Crippen molar-refractivity contribution in [1.29, 1.82) is 0 Å². The Balaban J connectivity index is 2.28. The fourth-order valence-electron chi connectivity index (χ4n) is 2.37. The van der Waals surface area contributed by atoms with E-state index in [0.29, 0.717) is 19.0 Å². The molecule has 0 bridgehead atoms. The predicted octanol–water partition coefficient (Wildman–Crippen LogP) is 0.990. The zero-order valence-corrected chi connectivity index (χ0v) is 10.6. The first-order valence-corrected chi connectivity index (χ1v) is 6.05. The number of carbonyl (C=O) groups is 2. The maximum Gasteiger partial charge on any atom is 0.339 e. The number of hydrogen-bond acceptors (Lipinski definition) is 3. The lowest BCUT2D eigenvalue weighted by atomic mass is 10.00. The van der Waals surface area contributed by atoms with Crippen molar-refractivity contribution in [3.8, 4) is 0 Å². The molecule has 98 valence electrons. The number of nitrogens with zero attached hydrogens (tertiary/aromatic N) is 3. The second-order valence-corrected chi connectivity index (χ2v) is 4.83. The number of hydrogen-bond donors (Lipinski definition) is 1. The smallest absolute Gasteiger partial charge is 0.339 e. The Morgan fingerprint density at radius 2 is 2.22 bits per heavy atom. The summed E-state index contributed by atoms with van der Waals surface area (Å²) in [5.74, 6) is -0.889. The fourth-order valence-corrected chi connectivity index (χ4v) is 2.37. The van der Waals surface area contributed by atoms with E-state index in [-0.39, 0.29) is 17.2 Å². The fraction of sp³-hybridized carbons (Fsp3) is 0.583. The number of aryl methyl sites for hydroxylation is 1. The molecule has 6 heteroatoms. The number of piperidine rings is 1. The van der Waals surface area contributed by atoms with Gasteiger partial charge < -0.3 is 10.0 Å². The summed E-state index contributed by atoms with van der Waals surface area (Å²) in [7, 11) is 1.59. The maximum atomic E-state index is 12.4. The van der Waals surface area contributed by atoms with Crippen LogP contribution in [-0.2, 0) is 7.05 Å². The van der Waals surface area contributed by atoms with Gasteiger partial charge in [-0.25, -0.2) is 4.79 Å². The summed E-state index contributed by atoms with van der Waals surface area (Å²) in [6.07, 6.45) is 3.30. The minimum absolute atomic E-state index is 0.0271. The third kappa shape index (κ3) is 2.23. The summed E-state index contributed by atoms with van der Waals surface area (Å²) in [5.41, 5.74) is 0.136. The van der Waals surface area contributed by atoms with Crippen molar-refractivity contribution in [3.63, 3.8) is 0 Å². The van der Waals surface area contributed by atoms with E-state index < -0.39 is 5.97 Å². The molecule has 1 fully saturated rings. The first-order valence-electron chi connectivity index (χ1n) is 6.05. The Morgan fingerprint density at radius 1 is 1.50 bits per heavy atom. The molecule has 1 aromatic rings. The van der Waals surface area contributed by atoms with E-state index in [2.05, 4.69) is 12.0 Å². The summed E-state index contributed by atoms with van der Waals surface area (Å²) in [5, 5.41) is 12.9. The lowest BCUT2D eigenvalue weighted by Gasteiger charge is -2.31. The number of aromatic nitrogens is 2. The number of aromatic carboxylic acids is 1. The van der Waals surface area contributed by atoms with Gasteiger partial charge in [-0.15, -0.1) is 0 Å². The van der Waals surface area contributed by atoms with Crippen LogP contribution in [0.3, 0.4) is 0 Å². The van der Waals surface area contributed by atoms with Crippen molar-refractivity contribution in [2.24, 2.45) is 13.0 Å². The number of carbonyl (C=O) groups excluding carboxylic acids is 1. The number of likely N-dealkylation sites (tertiary alicyclic amines) is 1. The van der Waals surface area contributed by atoms with Crippen LogP contribution in [0.15, 0.2) is 6.20 Å². The van der Waals surface area contributed by atoms with Gasteiger partial charge in [-0.05, 0) is 18.8 Å². The average Bonchev–Trinajstić information content (AvgIpc) is 2.70. The number of carboxylic acids is 1.